The summed E-state index contributed by atoms with van der Waals surface area (Å²) in [6.07, 6.45) is -1.09. The smallest absolute Gasteiger partial charge is 0.312 e. The Morgan fingerprint density at radius 1 is 1.11 bits per heavy atom. The van der Waals surface area contributed by atoms with E-state index in [-0.39, 0.29) is 18.8 Å². The van der Waals surface area contributed by atoms with Gasteiger partial charge < -0.3 is 20.5 Å². The molecule has 0 radical (unpaired) electrons. The van der Waals surface area contributed by atoms with Crippen molar-refractivity contribution in [3.8, 4) is 0 Å². The maximum absolute atomic E-state index is 13.7. The Labute approximate surface area is 160 Å². The Morgan fingerprint density at radius 2 is 1.75 bits per heavy atom. The van der Waals surface area contributed by atoms with E-state index in [0.717, 1.165) is 12.1 Å². The molecular weight excluding hydrogens is 378 g/mol. The summed E-state index contributed by atoms with van der Waals surface area (Å²) in [6, 6.07) is 1.07. The van der Waals surface area contributed by atoms with Crippen LogP contribution in [0.1, 0.15) is 25.8 Å². The highest BCUT2D eigenvalue weighted by Crippen LogP contribution is 2.15. The van der Waals surface area contributed by atoms with Crippen molar-refractivity contribution in [3.05, 3.63) is 35.4 Å². The molecule has 0 fully saturated rings. The first-order valence-electron chi connectivity index (χ1n) is 8.54. The minimum atomic E-state index is -1.58. The predicted molar refractivity (Wildman–Crippen MR) is 92.6 cm³/mol. The molecule has 8 nitrogen and oxygen atoms in total. The van der Waals surface area contributed by atoms with Crippen molar-refractivity contribution in [1.82, 2.24) is 5.32 Å². The highest BCUT2D eigenvalue weighted by molar-refractivity contribution is 5.93. The van der Waals surface area contributed by atoms with E-state index in [9.17, 15) is 28.0 Å². The lowest BCUT2D eigenvalue weighted by Gasteiger charge is -2.23. The van der Waals surface area contributed by atoms with Crippen molar-refractivity contribution in [2.24, 2.45) is 11.7 Å². The van der Waals surface area contributed by atoms with Crippen molar-refractivity contribution in [1.29, 1.82) is 0 Å². The average molecular weight is 400 g/mol. The van der Waals surface area contributed by atoms with Gasteiger partial charge in [-0.3, -0.25) is 19.2 Å². The van der Waals surface area contributed by atoms with Crippen LogP contribution in [0.25, 0.3) is 0 Å². The number of nitrogens with two attached hydrogens (primary N) is 1. The summed E-state index contributed by atoms with van der Waals surface area (Å²) in [7, 11) is 0. The molecular formula is C18H22F2N2O6. The van der Waals surface area contributed by atoms with Gasteiger partial charge in [-0.25, -0.2) is 8.78 Å². The first kappa shape index (κ1) is 23.0. The first-order chi connectivity index (χ1) is 13.2. The molecule has 0 aliphatic carbocycles. The molecule has 0 aliphatic rings. The number of esters is 2. The van der Waals surface area contributed by atoms with Gasteiger partial charge in [0.15, 0.2) is 0 Å². The van der Waals surface area contributed by atoms with E-state index < -0.39 is 60.2 Å². The van der Waals surface area contributed by atoms with E-state index in [2.05, 4.69) is 5.32 Å². The van der Waals surface area contributed by atoms with E-state index >= 15 is 0 Å². The Hall–Kier alpha value is -3.04. The zero-order valence-electron chi connectivity index (χ0n) is 15.5. The molecule has 0 spiro atoms. The van der Waals surface area contributed by atoms with E-state index in [1.807, 2.05) is 0 Å². The number of carbonyl (C=O) groups is 4. The molecule has 1 aromatic carbocycles. The SMILES string of the molecule is CCOC(=O)C[C@@H](C(=O)OCC)[C@@H](NC(=O)Cc1ccc(F)cc1F)C(N)=O. The molecule has 0 aliphatic heterocycles. The second kappa shape index (κ2) is 11.0. The predicted octanol–water partition coefficient (Wildman–Crippen LogP) is 0.610. The number of rotatable bonds is 10. The van der Waals surface area contributed by atoms with Gasteiger partial charge in [-0.1, -0.05) is 6.07 Å². The molecule has 0 aromatic heterocycles. The van der Waals surface area contributed by atoms with Crippen molar-refractivity contribution < 1.29 is 37.4 Å². The van der Waals surface area contributed by atoms with Crippen LogP contribution in [0.2, 0.25) is 0 Å². The summed E-state index contributed by atoms with van der Waals surface area (Å²) in [5, 5.41) is 2.21. The third-order valence-corrected chi connectivity index (χ3v) is 3.67. The fraction of sp³-hybridized carbons (Fsp3) is 0.444. The normalized spacial score (nSPS) is 12.6. The number of hydrogen-bond donors (Lipinski definition) is 2. The Bertz CT molecular complexity index is 741. The summed E-state index contributed by atoms with van der Waals surface area (Å²) in [4.78, 5) is 48.0. The molecule has 2 atom stereocenters. The topological polar surface area (TPSA) is 125 Å². The highest BCUT2D eigenvalue weighted by atomic mass is 19.1. The van der Waals surface area contributed by atoms with Gasteiger partial charge in [-0.2, -0.15) is 0 Å². The molecule has 0 heterocycles. The van der Waals surface area contributed by atoms with Gasteiger partial charge in [0.1, 0.15) is 17.7 Å². The fourth-order valence-corrected chi connectivity index (χ4v) is 2.42. The lowest BCUT2D eigenvalue weighted by molar-refractivity contribution is -0.157. The Balaban J connectivity index is 2.98. The second-order valence-electron chi connectivity index (χ2n) is 5.73. The van der Waals surface area contributed by atoms with Gasteiger partial charge in [0, 0.05) is 6.07 Å². The van der Waals surface area contributed by atoms with Crippen molar-refractivity contribution in [2.45, 2.75) is 32.7 Å². The molecule has 10 heteroatoms. The number of primary amides is 1. The van der Waals surface area contributed by atoms with E-state index in [1.54, 1.807) is 6.92 Å². The van der Waals surface area contributed by atoms with Crippen LogP contribution in [-0.4, -0.2) is 43.0 Å². The third-order valence-electron chi connectivity index (χ3n) is 3.67. The average Bonchev–Trinajstić information content (AvgIpc) is 2.60. The summed E-state index contributed by atoms with van der Waals surface area (Å²) in [5.74, 6) is -6.83. The number of hydrogen-bond acceptors (Lipinski definition) is 6. The molecule has 0 bridgehead atoms. The van der Waals surface area contributed by atoms with Crippen LogP contribution >= 0.6 is 0 Å². The first-order valence-corrected chi connectivity index (χ1v) is 8.54. The van der Waals surface area contributed by atoms with Crippen LogP contribution < -0.4 is 11.1 Å². The molecule has 28 heavy (non-hydrogen) atoms. The van der Waals surface area contributed by atoms with E-state index in [0.29, 0.717) is 6.07 Å². The van der Waals surface area contributed by atoms with Gasteiger partial charge >= 0.3 is 11.9 Å². The van der Waals surface area contributed by atoms with Crippen molar-refractivity contribution in [3.63, 3.8) is 0 Å². The number of amides is 2. The molecule has 154 valence electrons. The Morgan fingerprint density at radius 3 is 2.29 bits per heavy atom. The summed E-state index contributed by atoms with van der Waals surface area (Å²) in [5.41, 5.74) is 5.15. The quantitative estimate of drug-likeness (QED) is 0.555. The Kier molecular flexibility index (Phi) is 9.00. The van der Waals surface area contributed by atoms with Gasteiger partial charge in [-0.15, -0.1) is 0 Å². The van der Waals surface area contributed by atoms with E-state index in [4.69, 9.17) is 15.2 Å². The molecule has 0 saturated carbocycles. The largest absolute Gasteiger partial charge is 0.466 e. The monoisotopic (exact) mass is 400 g/mol. The third kappa shape index (κ3) is 6.93. The minimum Gasteiger partial charge on any atom is -0.466 e. The van der Waals surface area contributed by atoms with Crippen molar-refractivity contribution >= 4 is 23.8 Å². The lowest BCUT2D eigenvalue weighted by atomic mass is 9.95. The van der Waals surface area contributed by atoms with Gasteiger partial charge in [0.05, 0.1) is 32.0 Å². The fourth-order valence-electron chi connectivity index (χ4n) is 2.42. The number of carbonyl (C=O) groups excluding carboxylic acids is 4. The minimum absolute atomic E-state index is 0.0294. The number of benzene rings is 1. The maximum atomic E-state index is 13.7. The highest BCUT2D eigenvalue weighted by Gasteiger charge is 2.37. The number of ether oxygens (including phenoxy) is 2. The van der Waals surface area contributed by atoms with Crippen LogP contribution in [-0.2, 0) is 35.1 Å². The number of nitrogens with one attached hydrogen (secondary N) is 1. The summed E-state index contributed by atoms with van der Waals surface area (Å²) < 4.78 is 36.3. The van der Waals surface area contributed by atoms with Crippen LogP contribution in [0.5, 0.6) is 0 Å². The lowest BCUT2D eigenvalue weighted by Crippen LogP contribution is -2.52. The van der Waals surface area contributed by atoms with Crippen LogP contribution in [0, 0.1) is 17.6 Å². The van der Waals surface area contributed by atoms with Crippen molar-refractivity contribution in [2.75, 3.05) is 13.2 Å². The summed E-state index contributed by atoms with van der Waals surface area (Å²) >= 11 is 0. The second-order valence-corrected chi connectivity index (χ2v) is 5.73. The van der Waals surface area contributed by atoms with Crippen LogP contribution in [0.15, 0.2) is 18.2 Å². The molecule has 1 rings (SSSR count). The zero-order valence-corrected chi connectivity index (χ0v) is 15.5. The van der Waals surface area contributed by atoms with Gasteiger partial charge in [0.2, 0.25) is 11.8 Å². The molecule has 2 amide bonds. The zero-order chi connectivity index (χ0) is 21.3. The number of halogens is 2. The molecule has 3 N–H and O–H groups in total. The molecule has 1 aromatic rings. The van der Waals surface area contributed by atoms with Gasteiger partial charge in [0.25, 0.3) is 0 Å². The standard InChI is InChI=1S/C18H22F2N2O6/c1-3-27-15(24)9-12(18(26)28-4-2)16(17(21)25)22-14(23)7-10-5-6-11(19)8-13(10)20/h5-6,8,12,16H,3-4,7,9H2,1-2H3,(H2,21,25)(H,22,23)/t12-,16-/m1/s1. The van der Waals surface area contributed by atoms with Gasteiger partial charge in [-0.05, 0) is 25.5 Å². The van der Waals surface area contributed by atoms with Crippen LogP contribution in [0.4, 0.5) is 8.78 Å². The molecule has 0 unspecified atom stereocenters. The van der Waals surface area contributed by atoms with E-state index in [1.165, 1.54) is 6.92 Å². The van der Waals surface area contributed by atoms with Crippen LogP contribution in [0.3, 0.4) is 0 Å². The summed E-state index contributed by atoms with van der Waals surface area (Å²) in [6.45, 7) is 3.10. The maximum Gasteiger partial charge on any atom is 0.312 e. The molecule has 0 saturated heterocycles.